The third-order valence-electron chi connectivity index (χ3n) is 6.87. The van der Waals surface area contributed by atoms with Crippen molar-refractivity contribution in [1.82, 2.24) is 10.2 Å². The average Bonchev–Trinajstić information content (AvgIpc) is 3.61. The van der Waals surface area contributed by atoms with Crippen LogP contribution in [0.4, 0.5) is 4.79 Å². The highest BCUT2D eigenvalue weighted by atomic mass is 16.5. The maximum absolute atomic E-state index is 12.9. The van der Waals surface area contributed by atoms with Crippen molar-refractivity contribution in [3.8, 4) is 0 Å². The van der Waals surface area contributed by atoms with Gasteiger partial charge in [0.2, 0.25) is 5.91 Å². The molecule has 0 spiro atoms. The van der Waals surface area contributed by atoms with Crippen molar-refractivity contribution < 1.29 is 14.3 Å². The fourth-order valence-corrected chi connectivity index (χ4v) is 4.76. The quantitative estimate of drug-likeness (QED) is 0.834. The third kappa shape index (κ3) is 3.56. The van der Waals surface area contributed by atoms with Gasteiger partial charge in [-0.25, -0.2) is 4.79 Å². The van der Waals surface area contributed by atoms with E-state index >= 15 is 0 Å². The van der Waals surface area contributed by atoms with Gasteiger partial charge in [-0.15, -0.1) is 0 Å². The van der Waals surface area contributed by atoms with Crippen molar-refractivity contribution in [2.75, 3.05) is 26.7 Å². The first kappa shape index (κ1) is 18.3. The molecule has 2 amide bonds. The summed E-state index contributed by atoms with van der Waals surface area (Å²) in [6.45, 7) is 4.00. The number of hydrogen-bond acceptors (Lipinski definition) is 3. The monoisotopic (exact) mass is 370 g/mol. The van der Waals surface area contributed by atoms with E-state index in [0.717, 1.165) is 31.8 Å². The fourth-order valence-electron chi connectivity index (χ4n) is 4.76. The van der Waals surface area contributed by atoms with E-state index in [1.54, 1.807) is 0 Å². The highest BCUT2D eigenvalue weighted by Crippen LogP contribution is 2.59. The first-order valence-corrected chi connectivity index (χ1v) is 10.3. The van der Waals surface area contributed by atoms with Gasteiger partial charge in [-0.3, -0.25) is 4.79 Å². The van der Waals surface area contributed by atoms with Crippen LogP contribution in [0.15, 0.2) is 24.3 Å². The van der Waals surface area contributed by atoms with Gasteiger partial charge in [0.1, 0.15) is 0 Å². The molecule has 1 aliphatic heterocycles. The fraction of sp³-hybridized carbons (Fsp3) is 0.636. The molecule has 3 unspecified atom stereocenters. The highest BCUT2D eigenvalue weighted by Gasteiger charge is 2.58. The standard InChI is InChI=1S/C22H30N2O3/c1-3-15(13-23-21(26)27-2)20(25)24-11-10-22(12-19(22)14-24)18-8-6-17(7-9-18)16-4-5-16/h6-9,15-16,19H,3-5,10-14H2,1-2H3,(H,23,26). The summed E-state index contributed by atoms with van der Waals surface area (Å²) in [5.41, 5.74) is 3.25. The Kier molecular flexibility index (Phi) is 4.87. The van der Waals surface area contributed by atoms with Crippen LogP contribution in [-0.4, -0.2) is 43.6 Å². The summed E-state index contributed by atoms with van der Waals surface area (Å²) in [5, 5.41) is 2.67. The number of fused-ring (bicyclic) bond motifs is 1. The summed E-state index contributed by atoms with van der Waals surface area (Å²) >= 11 is 0. The maximum Gasteiger partial charge on any atom is 0.406 e. The third-order valence-corrected chi connectivity index (χ3v) is 6.87. The SMILES string of the molecule is CCC(CNC(=O)OC)C(=O)N1CCC2(c3ccc(C4CC4)cc3)CC2C1. The van der Waals surface area contributed by atoms with Crippen molar-refractivity contribution in [2.45, 2.75) is 50.4 Å². The van der Waals surface area contributed by atoms with Gasteiger partial charge >= 0.3 is 6.09 Å². The van der Waals surface area contributed by atoms with Gasteiger partial charge in [0.05, 0.1) is 13.0 Å². The molecule has 3 aliphatic rings. The molecule has 1 aromatic rings. The van der Waals surface area contributed by atoms with Crippen LogP contribution in [-0.2, 0) is 14.9 Å². The second-order valence-electron chi connectivity index (χ2n) is 8.47. The minimum Gasteiger partial charge on any atom is -0.453 e. The minimum absolute atomic E-state index is 0.165. The number of piperidine rings is 1. The zero-order chi connectivity index (χ0) is 19.0. The van der Waals surface area contributed by atoms with Crippen molar-refractivity contribution in [3.05, 3.63) is 35.4 Å². The van der Waals surface area contributed by atoms with Crippen LogP contribution in [0, 0.1) is 11.8 Å². The molecule has 5 heteroatoms. The molecule has 0 aromatic heterocycles. The molecule has 0 radical (unpaired) electrons. The largest absolute Gasteiger partial charge is 0.453 e. The predicted molar refractivity (Wildman–Crippen MR) is 104 cm³/mol. The van der Waals surface area contributed by atoms with E-state index in [4.69, 9.17) is 0 Å². The van der Waals surface area contributed by atoms with E-state index in [2.05, 4.69) is 34.3 Å². The molecule has 3 fully saturated rings. The van der Waals surface area contributed by atoms with E-state index in [1.165, 1.54) is 37.5 Å². The minimum atomic E-state index is -0.476. The Morgan fingerprint density at radius 1 is 1.30 bits per heavy atom. The van der Waals surface area contributed by atoms with E-state index in [0.29, 0.717) is 17.9 Å². The molecule has 1 saturated heterocycles. The lowest BCUT2D eigenvalue weighted by atomic mass is 9.86. The molecule has 1 N–H and O–H groups in total. The van der Waals surface area contributed by atoms with Gasteiger partial charge in [-0.2, -0.15) is 0 Å². The van der Waals surface area contributed by atoms with Crippen LogP contribution < -0.4 is 5.32 Å². The Balaban J connectivity index is 1.35. The molecule has 2 saturated carbocycles. The van der Waals surface area contributed by atoms with Gasteiger partial charge in [0.15, 0.2) is 0 Å². The number of rotatable bonds is 6. The van der Waals surface area contributed by atoms with Crippen LogP contribution in [0.25, 0.3) is 0 Å². The Bertz CT molecular complexity index is 713. The lowest BCUT2D eigenvalue weighted by Gasteiger charge is -2.34. The number of ether oxygens (including phenoxy) is 1. The number of amides is 2. The van der Waals surface area contributed by atoms with Crippen LogP contribution in [0.2, 0.25) is 0 Å². The van der Waals surface area contributed by atoms with Crippen LogP contribution in [0.5, 0.6) is 0 Å². The Labute approximate surface area is 161 Å². The molecule has 27 heavy (non-hydrogen) atoms. The molecule has 1 heterocycles. The highest BCUT2D eigenvalue weighted by molar-refractivity contribution is 5.80. The molecule has 4 rings (SSSR count). The van der Waals surface area contributed by atoms with Crippen molar-refractivity contribution in [1.29, 1.82) is 0 Å². The Morgan fingerprint density at radius 3 is 2.63 bits per heavy atom. The zero-order valence-corrected chi connectivity index (χ0v) is 16.4. The molecule has 5 nitrogen and oxygen atoms in total. The Morgan fingerprint density at radius 2 is 2.04 bits per heavy atom. The van der Waals surface area contributed by atoms with Gasteiger partial charge in [0, 0.05) is 25.0 Å². The number of benzene rings is 1. The Hall–Kier alpha value is -2.04. The number of methoxy groups -OCH3 is 1. The second kappa shape index (κ2) is 7.17. The van der Waals surface area contributed by atoms with Gasteiger partial charge in [0.25, 0.3) is 0 Å². The lowest BCUT2D eigenvalue weighted by molar-refractivity contribution is -0.136. The van der Waals surface area contributed by atoms with Crippen LogP contribution in [0.3, 0.4) is 0 Å². The average molecular weight is 370 g/mol. The number of hydrogen-bond donors (Lipinski definition) is 1. The van der Waals surface area contributed by atoms with E-state index in [1.807, 2.05) is 11.8 Å². The zero-order valence-electron chi connectivity index (χ0n) is 16.4. The van der Waals surface area contributed by atoms with Gasteiger partial charge in [-0.1, -0.05) is 31.2 Å². The molecule has 146 valence electrons. The lowest BCUT2D eigenvalue weighted by Crippen LogP contribution is -2.46. The first-order valence-electron chi connectivity index (χ1n) is 10.3. The number of carbonyl (C=O) groups is 2. The summed E-state index contributed by atoms with van der Waals surface area (Å²) in [6.07, 6.45) is 5.17. The van der Waals surface area contributed by atoms with E-state index in [-0.39, 0.29) is 11.8 Å². The molecule has 0 bridgehead atoms. The van der Waals surface area contributed by atoms with Crippen LogP contribution in [0.1, 0.15) is 56.1 Å². The topological polar surface area (TPSA) is 58.6 Å². The van der Waals surface area contributed by atoms with Gasteiger partial charge < -0.3 is 15.0 Å². The van der Waals surface area contributed by atoms with Crippen LogP contribution >= 0.6 is 0 Å². The number of nitrogens with zero attached hydrogens (tertiary/aromatic N) is 1. The molecule has 1 aromatic carbocycles. The maximum atomic E-state index is 12.9. The van der Waals surface area contributed by atoms with Crippen molar-refractivity contribution in [2.24, 2.45) is 11.8 Å². The number of alkyl carbamates (subject to hydrolysis) is 1. The van der Waals surface area contributed by atoms with Gasteiger partial charge in [-0.05, 0) is 55.1 Å². The predicted octanol–water partition coefficient (Wildman–Crippen LogP) is 3.44. The molecular weight excluding hydrogens is 340 g/mol. The number of nitrogens with one attached hydrogen (secondary N) is 1. The summed E-state index contributed by atoms with van der Waals surface area (Å²) in [4.78, 5) is 26.2. The smallest absolute Gasteiger partial charge is 0.406 e. The molecular formula is C22H30N2O3. The molecule has 2 aliphatic carbocycles. The summed E-state index contributed by atoms with van der Waals surface area (Å²) in [6, 6.07) is 9.31. The summed E-state index contributed by atoms with van der Waals surface area (Å²) in [7, 11) is 1.34. The van der Waals surface area contributed by atoms with E-state index < -0.39 is 6.09 Å². The normalized spacial score (nSPS) is 27.5. The first-order chi connectivity index (χ1) is 13.1. The van der Waals surface area contributed by atoms with E-state index in [9.17, 15) is 9.59 Å². The summed E-state index contributed by atoms with van der Waals surface area (Å²) in [5.74, 6) is 1.37. The molecule has 3 atom stereocenters. The second-order valence-corrected chi connectivity index (χ2v) is 8.47. The van der Waals surface area contributed by atoms with Crippen molar-refractivity contribution >= 4 is 12.0 Å². The summed E-state index contributed by atoms with van der Waals surface area (Å²) < 4.78 is 4.61. The number of carbonyl (C=O) groups excluding carboxylic acids is 2. The van der Waals surface area contributed by atoms with Crippen molar-refractivity contribution in [3.63, 3.8) is 0 Å². The number of likely N-dealkylation sites (tertiary alicyclic amines) is 1.